The quantitative estimate of drug-likeness (QED) is 0.134. The molecule has 6 unspecified atom stereocenters. The van der Waals surface area contributed by atoms with Crippen molar-refractivity contribution in [3.05, 3.63) is 214 Å². The number of allylic oxidation sites excluding steroid dienone is 8. The Morgan fingerprint density at radius 3 is 2.14 bits per heavy atom. The van der Waals surface area contributed by atoms with Gasteiger partial charge in [0.05, 0.1) is 11.2 Å². The van der Waals surface area contributed by atoms with Gasteiger partial charge in [0.15, 0.2) is 0 Å². The summed E-state index contributed by atoms with van der Waals surface area (Å²) in [5.74, 6) is 2.04. The van der Waals surface area contributed by atoms with Gasteiger partial charge in [-0.15, -0.1) is 0 Å². The van der Waals surface area contributed by atoms with E-state index in [0.29, 0.717) is 35.5 Å². The van der Waals surface area contributed by atoms with Crippen LogP contribution in [0.3, 0.4) is 0 Å². The van der Waals surface area contributed by atoms with Crippen molar-refractivity contribution >= 4 is 28.4 Å². The molecule has 4 N–H and O–H groups in total. The van der Waals surface area contributed by atoms with Gasteiger partial charge in [-0.3, -0.25) is 4.98 Å². The zero-order chi connectivity index (χ0) is 42.8. The molecule has 7 aromatic rings. The lowest BCUT2D eigenvalue weighted by atomic mass is 9.62. The van der Waals surface area contributed by atoms with Gasteiger partial charge in [-0.1, -0.05) is 131 Å². The molecule has 11 rings (SSSR count). The number of benzene rings is 5. The number of H-pyrrole nitrogens is 1. The number of hydrogen-bond donors (Lipinski definition) is 3. The van der Waals surface area contributed by atoms with E-state index >= 15 is 0 Å². The number of nitrogens with two attached hydrogens (primary N) is 1. The Labute approximate surface area is 371 Å². The molecule has 63 heavy (non-hydrogen) atoms. The van der Waals surface area contributed by atoms with Gasteiger partial charge in [0.1, 0.15) is 0 Å². The van der Waals surface area contributed by atoms with Crippen LogP contribution in [0.1, 0.15) is 114 Å². The van der Waals surface area contributed by atoms with Crippen LogP contribution in [0.2, 0.25) is 0 Å². The summed E-state index contributed by atoms with van der Waals surface area (Å²) in [5, 5.41) is 5.23. The van der Waals surface area contributed by atoms with E-state index in [1.54, 1.807) is 6.20 Å². The number of nitrogens with zero attached hydrogens (tertiary/aromatic N) is 1. The number of fused-ring (bicyclic) bond motifs is 4. The Morgan fingerprint density at radius 1 is 0.683 bits per heavy atom. The molecule has 0 saturated heterocycles. The van der Waals surface area contributed by atoms with E-state index in [4.69, 9.17) is 5.73 Å². The largest absolute Gasteiger partial charge is 0.405 e. The summed E-state index contributed by atoms with van der Waals surface area (Å²) >= 11 is 0. The highest BCUT2D eigenvalue weighted by Crippen LogP contribution is 2.60. The van der Waals surface area contributed by atoms with Crippen molar-refractivity contribution in [1.82, 2.24) is 9.97 Å². The highest BCUT2D eigenvalue weighted by atomic mass is 14.9. The van der Waals surface area contributed by atoms with Gasteiger partial charge in [-0.25, -0.2) is 0 Å². The summed E-state index contributed by atoms with van der Waals surface area (Å²) in [5.41, 5.74) is 29.4. The summed E-state index contributed by atoms with van der Waals surface area (Å²) in [4.78, 5) is 8.60. The van der Waals surface area contributed by atoms with Crippen molar-refractivity contribution in [2.24, 2.45) is 5.73 Å². The molecule has 4 nitrogen and oxygen atoms in total. The average Bonchev–Trinajstić information content (AvgIpc) is 3.70. The number of para-hydroxylation sites is 1. The second kappa shape index (κ2) is 15.8. The number of anilines is 2. The maximum Gasteiger partial charge on any atom is 0.0701 e. The van der Waals surface area contributed by atoms with Crippen LogP contribution in [0.25, 0.3) is 50.5 Å². The maximum atomic E-state index is 5.57. The summed E-state index contributed by atoms with van der Waals surface area (Å²) in [6, 6.07) is 40.5. The normalized spacial score (nSPS) is 22.1. The van der Waals surface area contributed by atoms with E-state index in [2.05, 4.69) is 183 Å². The van der Waals surface area contributed by atoms with E-state index in [0.717, 1.165) is 35.5 Å². The molecule has 4 heteroatoms. The van der Waals surface area contributed by atoms with Crippen LogP contribution in [-0.2, 0) is 6.42 Å². The second-order valence-corrected chi connectivity index (χ2v) is 18.3. The molecular weight excluding hydrogens is 765 g/mol. The molecule has 0 bridgehead atoms. The summed E-state index contributed by atoms with van der Waals surface area (Å²) in [6.45, 7) is 9.88. The highest BCUT2D eigenvalue weighted by Gasteiger charge is 2.40. The van der Waals surface area contributed by atoms with E-state index in [1.807, 2.05) is 24.4 Å². The highest BCUT2D eigenvalue weighted by molar-refractivity contribution is 6.00. The zero-order valence-corrected chi connectivity index (χ0v) is 36.6. The van der Waals surface area contributed by atoms with Crippen LogP contribution >= 0.6 is 0 Å². The number of aromatic amines is 1. The molecule has 0 saturated carbocycles. The molecule has 0 spiro atoms. The molecule has 310 valence electrons. The van der Waals surface area contributed by atoms with Gasteiger partial charge in [0.2, 0.25) is 0 Å². The van der Waals surface area contributed by atoms with Crippen LogP contribution in [0, 0.1) is 0 Å². The smallest absolute Gasteiger partial charge is 0.0701 e. The van der Waals surface area contributed by atoms with Crippen molar-refractivity contribution in [1.29, 1.82) is 0 Å². The van der Waals surface area contributed by atoms with Crippen LogP contribution < -0.4 is 11.1 Å². The van der Waals surface area contributed by atoms with Crippen LogP contribution in [0.4, 0.5) is 11.4 Å². The van der Waals surface area contributed by atoms with Crippen molar-refractivity contribution in [3.8, 4) is 33.5 Å². The predicted molar refractivity (Wildman–Crippen MR) is 265 cm³/mol. The van der Waals surface area contributed by atoms with Gasteiger partial charge in [0.25, 0.3) is 0 Å². The summed E-state index contributed by atoms with van der Waals surface area (Å²) in [6.07, 6.45) is 23.0. The van der Waals surface area contributed by atoms with Gasteiger partial charge in [-0.05, 0) is 159 Å². The maximum absolute atomic E-state index is 5.57. The standard InChI is InChI=1S/C59H54N4/c1-35-36(2)49-34-52-51-31-44(41-20-22-42(23-21-41)53-15-9-11-29-61-53)25-27-55(51)63-59(52)56-38(4)37(3)48-33-45(32-47(35)57(48)58(49)56)50-30-43(24-26-54(50)62-46-13-6-5-7-14-46)40-18-16-39(17-19-40)12-8-10-28-60/h5-18,20-30,32-38,40,44,62-63H,19,31,60H2,1-4H3/b12-8+,28-10-. The molecule has 0 aliphatic heterocycles. The Kier molecular flexibility index (Phi) is 9.76. The fourth-order valence-corrected chi connectivity index (χ4v) is 11.0. The minimum Gasteiger partial charge on any atom is -0.405 e. The Bertz CT molecular complexity index is 3030. The first-order chi connectivity index (χ1) is 30.8. The topological polar surface area (TPSA) is 66.7 Å². The van der Waals surface area contributed by atoms with E-state index < -0.39 is 0 Å². The minimum atomic E-state index is 0.303. The van der Waals surface area contributed by atoms with E-state index in [9.17, 15) is 0 Å². The number of pyridine rings is 1. The van der Waals surface area contributed by atoms with Crippen molar-refractivity contribution in [2.45, 2.75) is 76.0 Å². The number of aromatic nitrogens is 2. The molecule has 0 radical (unpaired) electrons. The Morgan fingerprint density at radius 2 is 1.41 bits per heavy atom. The monoisotopic (exact) mass is 818 g/mol. The van der Waals surface area contributed by atoms with Crippen molar-refractivity contribution < 1.29 is 0 Å². The third-order valence-electron chi connectivity index (χ3n) is 14.9. The predicted octanol–water partition coefficient (Wildman–Crippen LogP) is 15.1. The number of rotatable bonds is 8. The molecular formula is C59H54N4. The summed E-state index contributed by atoms with van der Waals surface area (Å²) < 4.78 is 0. The van der Waals surface area contributed by atoms with Crippen LogP contribution in [0.5, 0.6) is 0 Å². The van der Waals surface area contributed by atoms with Crippen LogP contribution in [-0.4, -0.2) is 9.97 Å². The minimum absolute atomic E-state index is 0.303. The number of hydrogen-bond acceptors (Lipinski definition) is 3. The molecule has 5 aromatic carbocycles. The molecule has 2 heterocycles. The van der Waals surface area contributed by atoms with Crippen LogP contribution in [0.15, 0.2) is 170 Å². The molecule has 4 aliphatic rings. The van der Waals surface area contributed by atoms with Gasteiger partial charge >= 0.3 is 0 Å². The van der Waals surface area contributed by atoms with Gasteiger partial charge < -0.3 is 16.0 Å². The van der Waals surface area contributed by atoms with Crippen molar-refractivity contribution in [3.63, 3.8) is 0 Å². The fourth-order valence-electron chi connectivity index (χ4n) is 11.0. The molecule has 2 aromatic heterocycles. The van der Waals surface area contributed by atoms with E-state index in [-0.39, 0.29) is 0 Å². The first kappa shape index (κ1) is 39.0. The van der Waals surface area contributed by atoms with Gasteiger partial charge in [-0.2, -0.15) is 0 Å². The third-order valence-corrected chi connectivity index (χ3v) is 14.9. The van der Waals surface area contributed by atoms with E-state index in [1.165, 1.54) is 83.4 Å². The molecule has 4 aliphatic carbocycles. The number of nitrogens with one attached hydrogen (secondary N) is 2. The molecule has 6 atom stereocenters. The molecule has 0 fully saturated rings. The lowest BCUT2D eigenvalue weighted by Crippen LogP contribution is -2.23. The second-order valence-electron chi connectivity index (χ2n) is 18.3. The SMILES string of the molecule is CC1c2cc(-c3cc(C4C=CC(/C=C/C=C\N)=CC4)ccc3Nc3ccccc3)cc3c2-c2c(cc4c5c([nH]c4c2C(C)C3C)C=CC(c2ccc(-c3ccccn3)cc2)C5)C1C. The molecule has 0 amide bonds. The first-order valence-electron chi connectivity index (χ1n) is 22.8. The first-order valence-corrected chi connectivity index (χ1v) is 22.8. The fraction of sp³-hybridized carbons (Fsp3) is 0.203. The zero-order valence-electron chi connectivity index (χ0n) is 36.6. The van der Waals surface area contributed by atoms with Crippen molar-refractivity contribution in [2.75, 3.05) is 5.32 Å². The average molecular weight is 819 g/mol. The lowest BCUT2D eigenvalue weighted by molar-refractivity contribution is 0.583. The Balaban J connectivity index is 0.997. The van der Waals surface area contributed by atoms with Gasteiger partial charge in [0, 0.05) is 51.6 Å². The Hall–Kier alpha value is -6.91. The third kappa shape index (κ3) is 6.71. The summed E-state index contributed by atoms with van der Waals surface area (Å²) in [7, 11) is 0. The lowest BCUT2D eigenvalue weighted by Gasteiger charge is -2.41.